The van der Waals surface area contributed by atoms with E-state index in [1.807, 2.05) is 0 Å². The standard InChI is InChI=1S/C15H20BrNO3/c1-19-12-6-5-11(9-13(12)20-2)14(18)17-15(10-16)7-3-4-8-15/h5-6,9H,3-4,7-8,10H2,1-2H3,(H,17,18). The van der Waals surface area contributed by atoms with Crippen LogP contribution in [0.25, 0.3) is 0 Å². The summed E-state index contributed by atoms with van der Waals surface area (Å²) < 4.78 is 10.4. The molecule has 1 aromatic carbocycles. The van der Waals surface area contributed by atoms with Gasteiger partial charge in [-0.3, -0.25) is 4.79 Å². The third kappa shape index (κ3) is 3.08. The highest BCUT2D eigenvalue weighted by Gasteiger charge is 2.34. The molecule has 110 valence electrons. The molecule has 1 fully saturated rings. The predicted octanol–water partition coefficient (Wildman–Crippen LogP) is 3.14. The van der Waals surface area contributed by atoms with Gasteiger partial charge in [-0.2, -0.15) is 0 Å². The Morgan fingerprint density at radius 2 is 1.90 bits per heavy atom. The first kappa shape index (κ1) is 15.2. The Balaban J connectivity index is 2.16. The van der Waals surface area contributed by atoms with Gasteiger partial charge in [-0.15, -0.1) is 0 Å². The summed E-state index contributed by atoms with van der Waals surface area (Å²) in [6.07, 6.45) is 4.38. The van der Waals surface area contributed by atoms with E-state index in [2.05, 4.69) is 21.2 Å². The van der Waals surface area contributed by atoms with E-state index in [0.29, 0.717) is 17.1 Å². The Labute approximate surface area is 128 Å². The molecule has 1 aromatic rings. The quantitative estimate of drug-likeness (QED) is 0.837. The van der Waals surface area contributed by atoms with Crippen LogP contribution in [0, 0.1) is 0 Å². The summed E-state index contributed by atoms with van der Waals surface area (Å²) in [5, 5.41) is 3.96. The molecule has 1 amide bonds. The van der Waals surface area contributed by atoms with Crippen molar-refractivity contribution in [2.75, 3.05) is 19.5 Å². The highest BCUT2D eigenvalue weighted by atomic mass is 79.9. The van der Waals surface area contributed by atoms with E-state index in [1.165, 1.54) is 0 Å². The first-order valence-corrected chi connectivity index (χ1v) is 7.87. The van der Waals surface area contributed by atoms with Crippen molar-refractivity contribution < 1.29 is 14.3 Å². The fraction of sp³-hybridized carbons (Fsp3) is 0.533. The Kier molecular flexibility index (Phi) is 4.91. The van der Waals surface area contributed by atoms with Gasteiger partial charge >= 0.3 is 0 Å². The first-order valence-electron chi connectivity index (χ1n) is 6.74. The number of benzene rings is 1. The first-order chi connectivity index (χ1) is 9.64. The minimum atomic E-state index is -0.107. The molecule has 20 heavy (non-hydrogen) atoms. The molecule has 1 N–H and O–H groups in total. The Hall–Kier alpha value is -1.23. The van der Waals surface area contributed by atoms with Crippen molar-refractivity contribution in [3.63, 3.8) is 0 Å². The average molecular weight is 342 g/mol. The zero-order valence-electron chi connectivity index (χ0n) is 11.9. The SMILES string of the molecule is COc1ccc(C(=O)NC2(CBr)CCCC2)cc1OC. The molecule has 1 saturated carbocycles. The molecule has 0 bridgehead atoms. The summed E-state index contributed by atoms with van der Waals surface area (Å²) in [7, 11) is 3.15. The molecule has 5 heteroatoms. The van der Waals surface area contributed by atoms with E-state index in [4.69, 9.17) is 9.47 Å². The second-order valence-electron chi connectivity index (χ2n) is 5.14. The van der Waals surface area contributed by atoms with Gasteiger partial charge in [-0.1, -0.05) is 28.8 Å². The lowest BCUT2D eigenvalue weighted by Gasteiger charge is -2.28. The van der Waals surface area contributed by atoms with Crippen LogP contribution >= 0.6 is 15.9 Å². The molecular weight excluding hydrogens is 322 g/mol. The lowest BCUT2D eigenvalue weighted by Crippen LogP contribution is -2.47. The van der Waals surface area contributed by atoms with Crippen LogP contribution in [0.2, 0.25) is 0 Å². The molecule has 0 saturated heterocycles. The second-order valence-corrected chi connectivity index (χ2v) is 5.71. The van der Waals surface area contributed by atoms with Crippen molar-refractivity contribution in [1.82, 2.24) is 5.32 Å². The van der Waals surface area contributed by atoms with E-state index in [9.17, 15) is 4.79 Å². The van der Waals surface area contributed by atoms with Gasteiger partial charge in [0.1, 0.15) is 0 Å². The van der Waals surface area contributed by atoms with Gasteiger partial charge in [-0.05, 0) is 31.0 Å². The Morgan fingerprint density at radius 1 is 1.25 bits per heavy atom. The van der Waals surface area contributed by atoms with E-state index in [0.717, 1.165) is 31.0 Å². The fourth-order valence-electron chi connectivity index (χ4n) is 2.63. The zero-order valence-corrected chi connectivity index (χ0v) is 13.5. The molecule has 2 rings (SSSR count). The molecule has 1 aliphatic carbocycles. The molecule has 1 aliphatic rings. The summed E-state index contributed by atoms with van der Waals surface area (Å²) in [5.74, 6) is 1.13. The van der Waals surface area contributed by atoms with Crippen LogP contribution in [0.4, 0.5) is 0 Å². The minimum absolute atomic E-state index is 0.0627. The maximum atomic E-state index is 12.4. The number of halogens is 1. The van der Waals surface area contributed by atoms with Gasteiger partial charge in [0.05, 0.1) is 19.8 Å². The number of ether oxygens (including phenoxy) is 2. The number of nitrogens with one attached hydrogen (secondary N) is 1. The van der Waals surface area contributed by atoms with Crippen LogP contribution in [0.15, 0.2) is 18.2 Å². The highest BCUT2D eigenvalue weighted by molar-refractivity contribution is 9.09. The molecular formula is C15H20BrNO3. The number of carbonyl (C=O) groups is 1. The average Bonchev–Trinajstić information content (AvgIpc) is 2.95. The summed E-state index contributed by atoms with van der Waals surface area (Å²) >= 11 is 3.53. The molecule has 0 heterocycles. The van der Waals surface area contributed by atoms with Gasteiger partial charge < -0.3 is 14.8 Å². The molecule has 0 aliphatic heterocycles. The van der Waals surface area contributed by atoms with Crippen molar-refractivity contribution in [2.24, 2.45) is 0 Å². The normalized spacial score (nSPS) is 16.8. The lowest BCUT2D eigenvalue weighted by atomic mass is 10.00. The van der Waals surface area contributed by atoms with Crippen molar-refractivity contribution in [3.8, 4) is 11.5 Å². The molecule has 0 atom stereocenters. The molecule has 0 radical (unpaired) electrons. The van der Waals surface area contributed by atoms with Crippen LogP contribution in [0.3, 0.4) is 0 Å². The largest absolute Gasteiger partial charge is 0.493 e. The van der Waals surface area contributed by atoms with Crippen LogP contribution in [-0.4, -0.2) is 31.0 Å². The fourth-order valence-corrected chi connectivity index (χ4v) is 3.34. The van der Waals surface area contributed by atoms with Gasteiger partial charge in [0.2, 0.25) is 0 Å². The minimum Gasteiger partial charge on any atom is -0.493 e. The van der Waals surface area contributed by atoms with E-state index >= 15 is 0 Å². The van der Waals surface area contributed by atoms with Crippen LogP contribution in [0.5, 0.6) is 11.5 Å². The second kappa shape index (κ2) is 6.48. The maximum absolute atomic E-state index is 12.4. The van der Waals surface area contributed by atoms with E-state index in [-0.39, 0.29) is 11.4 Å². The van der Waals surface area contributed by atoms with E-state index < -0.39 is 0 Å². The summed E-state index contributed by atoms with van der Waals surface area (Å²) in [6, 6.07) is 5.22. The summed E-state index contributed by atoms with van der Waals surface area (Å²) in [5.41, 5.74) is 0.486. The molecule has 0 spiro atoms. The van der Waals surface area contributed by atoms with Crippen molar-refractivity contribution in [1.29, 1.82) is 0 Å². The number of amides is 1. The monoisotopic (exact) mass is 341 g/mol. The molecule has 4 nitrogen and oxygen atoms in total. The number of carbonyl (C=O) groups excluding carboxylic acids is 1. The van der Waals surface area contributed by atoms with Gasteiger partial charge in [-0.25, -0.2) is 0 Å². The lowest BCUT2D eigenvalue weighted by molar-refractivity contribution is 0.0910. The smallest absolute Gasteiger partial charge is 0.251 e. The Bertz CT molecular complexity index is 484. The number of methoxy groups -OCH3 is 2. The predicted molar refractivity (Wildman–Crippen MR) is 82.0 cm³/mol. The topological polar surface area (TPSA) is 47.6 Å². The van der Waals surface area contributed by atoms with Crippen LogP contribution in [0.1, 0.15) is 36.0 Å². The highest BCUT2D eigenvalue weighted by Crippen LogP contribution is 2.32. The van der Waals surface area contributed by atoms with Gasteiger partial charge in [0, 0.05) is 10.9 Å². The van der Waals surface area contributed by atoms with E-state index in [1.54, 1.807) is 32.4 Å². The molecule has 0 unspecified atom stereocenters. The van der Waals surface area contributed by atoms with Gasteiger partial charge in [0.15, 0.2) is 11.5 Å². The third-order valence-corrected chi connectivity index (χ3v) is 4.91. The van der Waals surface area contributed by atoms with Crippen molar-refractivity contribution in [2.45, 2.75) is 31.2 Å². The van der Waals surface area contributed by atoms with Gasteiger partial charge in [0.25, 0.3) is 5.91 Å². The summed E-state index contributed by atoms with van der Waals surface area (Å²) in [4.78, 5) is 12.4. The maximum Gasteiger partial charge on any atom is 0.251 e. The number of alkyl halides is 1. The van der Waals surface area contributed by atoms with Crippen LogP contribution < -0.4 is 14.8 Å². The number of hydrogen-bond donors (Lipinski definition) is 1. The van der Waals surface area contributed by atoms with Crippen molar-refractivity contribution in [3.05, 3.63) is 23.8 Å². The third-order valence-electron chi connectivity index (χ3n) is 3.84. The Morgan fingerprint density at radius 3 is 2.45 bits per heavy atom. The van der Waals surface area contributed by atoms with Crippen LogP contribution in [-0.2, 0) is 0 Å². The summed E-state index contributed by atoms with van der Waals surface area (Å²) in [6.45, 7) is 0. The van der Waals surface area contributed by atoms with Crippen molar-refractivity contribution >= 4 is 21.8 Å². The number of rotatable bonds is 5. The number of hydrogen-bond acceptors (Lipinski definition) is 3. The molecule has 0 aromatic heterocycles. The zero-order chi connectivity index (χ0) is 14.6.